The lowest BCUT2D eigenvalue weighted by Crippen LogP contribution is -2.29. The van der Waals surface area contributed by atoms with Gasteiger partial charge in [0.1, 0.15) is 6.04 Å². The molecule has 0 spiro atoms. The zero-order valence-corrected chi connectivity index (χ0v) is 10.4. The van der Waals surface area contributed by atoms with Gasteiger partial charge in [-0.15, -0.1) is 0 Å². The van der Waals surface area contributed by atoms with E-state index in [-0.39, 0.29) is 0 Å². The fraction of sp³-hybridized carbons (Fsp3) is 0.385. The number of aliphatic carboxylic acids is 1. The van der Waals surface area contributed by atoms with Crippen LogP contribution in [0, 0.1) is 5.41 Å². The first-order chi connectivity index (χ1) is 8.61. The third kappa shape index (κ3) is 8.43. The van der Waals surface area contributed by atoms with Crippen LogP contribution >= 0.6 is 0 Å². The number of carboxylic acids is 1. The van der Waals surface area contributed by atoms with E-state index < -0.39 is 12.0 Å². The highest BCUT2D eigenvalue weighted by Crippen LogP contribution is 1.97. The van der Waals surface area contributed by atoms with Crippen molar-refractivity contribution in [2.75, 3.05) is 6.54 Å². The van der Waals surface area contributed by atoms with E-state index in [1.54, 1.807) is 0 Å². The van der Waals surface area contributed by atoms with Crippen LogP contribution < -0.4 is 11.5 Å². The zero-order valence-electron chi connectivity index (χ0n) is 10.4. The largest absolute Gasteiger partial charge is 0.480 e. The molecule has 0 aliphatic heterocycles. The van der Waals surface area contributed by atoms with E-state index in [9.17, 15) is 4.79 Å². The highest BCUT2D eigenvalue weighted by Gasteiger charge is 2.09. The first kappa shape index (κ1) is 16.3. The van der Waals surface area contributed by atoms with E-state index in [4.69, 9.17) is 22.0 Å². The Labute approximate surface area is 107 Å². The van der Waals surface area contributed by atoms with Gasteiger partial charge in [0.05, 0.1) is 0 Å². The molecule has 0 bridgehead atoms. The van der Waals surface area contributed by atoms with Gasteiger partial charge in [-0.2, -0.15) is 0 Å². The van der Waals surface area contributed by atoms with Crippen LogP contribution in [0.15, 0.2) is 30.3 Å². The average molecular weight is 251 g/mol. The number of rotatable bonds is 6. The van der Waals surface area contributed by atoms with Gasteiger partial charge >= 0.3 is 5.97 Å². The maximum atomic E-state index is 10.1. The van der Waals surface area contributed by atoms with Crippen molar-refractivity contribution in [2.24, 2.45) is 11.5 Å². The lowest BCUT2D eigenvalue weighted by Gasteiger charge is -2.03. The predicted octanol–water partition coefficient (Wildman–Crippen LogP) is 1.21. The zero-order chi connectivity index (χ0) is 13.8. The van der Waals surface area contributed by atoms with Crippen LogP contribution in [0.2, 0.25) is 0 Å². The van der Waals surface area contributed by atoms with Crippen molar-refractivity contribution in [3.63, 3.8) is 0 Å². The fourth-order valence-corrected chi connectivity index (χ4v) is 1.18. The third-order valence-corrected chi connectivity index (χ3v) is 2.25. The molecule has 0 fully saturated rings. The van der Waals surface area contributed by atoms with Crippen molar-refractivity contribution in [3.05, 3.63) is 35.9 Å². The fourth-order valence-electron chi connectivity index (χ4n) is 1.18. The number of hydrogen-bond donors (Lipinski definition) is 4. The lowest BCUT2D eigenvalue weighted by atomic mass is 10.1. The lowest BCUT2D eigenvalue weighted by molar-refractivity contribution is -0.138. The molecular formula is C13H21N3O2. The number of unbranched alkanes of at least 4 members (excludes halogenated alkanes) is 1. The summed E-state index contributed by atoms with van der Waals surface area (Å²) in [5.74, 6) is -0.933. The van der Waals surface area contributed by atoms with Gasteiger partial charge in [-0.1, -0.05) is 36.8 Å². The summed E-state index contributed by atoms with van der Waals surface area (Å²) in [6, 6.07) is 8.85. The summed E-state index contributed by atoms with van der Waals surface area (Å²) in [6.45, 7) is 0.604. The maximum Gasteiger partial charge on any atom is 0.320 e. The van der Waals surface area contributed by atoms with Crippen LogP contribution in [0.5, 0.6) is 0 Å². The summed E-state index contributed by atoms with van der Waals surface area (Å²) >= 11 is 0. The average Bonchev–Trinajstić information content (AvgIpc) is 2.40. The van der Waals surface area contributed by atoms with Gasteiger partial charge in [-0.3, -0.25) is 4.79 Å². The molecule has 1 aromatic carbocycles. The molecule has 0 aliphatic rings. The van der Waals surface area contributed by atoms with Crippen LogP contribution in [0.25, 0.3) is 0 Å². The molecule has 0 aliphatic carbocycles. The minimum atomic E-state index is -0.933. The molecule has 5 nitrogen and oxygen atoms in total. The molecule has 100 valence electrons. The van der Waals surface area contributed by atoms with Crippen LogP contribution in [0.3, 0.4) is 0 Å². The molecule has 18 heavy (non-hydrogen) atoms. The van der Waals surface area contributed by atoms with Crippen molar-refractivity contribution < 1.29 is 9.90 Å². The Morgan fingerprint density at radius 3 is 2.33 bits per heavy atom. The second-order valence-corrected chi connectivity index (χ2v) is 3.78. The Morgan fingerprint density at radius 1 is 1.33 bits per heavy atom. The number of carbonyl (C=O) groups is 1. The predicted molar refractivity (Wildman–Crippen MR) is 72.8 cm³/mol. The maximum absolute atomic E-state index is 10.1. The van der Waals surface area contributed by atoms with Gasteiger partial charge in [-0.05, 0) is 24.9 Å². The second-order valence-electron chi connectivity index (χ2n) is 3.78. The van der Waals surface area contributed by atoms with Crippen molar-refractivity contribution in [3.8, 4) is 0 Å². The molecule has 1 rings (SSSR count). The summed E-state index contributed by atoms with van der Waals surface area (Å²) < 4.78 is 0. The molecule has 0 saturated heterocycles. The Bertz CT molecular complexity index is 341. The smallest absolute Gasteiger partial charge is 0.320 e. The van der Waals surface area contributed by atoms with Gasteiger partial charge in [-0.25, -0.2) is 0 Å². The summed E-state index contributed by atoms with van der Waals surface area (Å²) in [4.78, 5) is 10.1. The number of carboxylic acid groups (broad SMARTS) is 1. The first-order valence-electron chi connectivity index (χ1n) is 5.85. The standard InChI is InChI=1S/C7H7N.C6H14N2O2/c8-6-7-4-2-1-3-5-7;7-4-2-1-3-5(8)6(9)10/h1-6,8H;5H,1-4,7-8H2,(H,9,10). The highest BCUT2D eigenvalue weighted by atomic mass is 16.4. The minimum Gasteiger partial charge on any atom is -0.480 e. The summed E-state index contributed by atoms with van der Waals surface area (Å²) in [7, 11) is 0. The number of benzene rings is 1. The highest BCUT2D eigenvalue weighted by molar-refractivity contribution is 5.76. The summed E-state index contributed by atoms with van der Waals surface area (Å²) in [5.41, 5.74) is 11.4. The van der Waals surface area contributed by atoms with E-state index in [0.717, 1.165) is 18.4 Å². The van der Waals surface area contributed by atoms with E-state index in [1.165, 1.54) is 6.21 Å². The first-order valence-corrected chi connectivity index (χ1v) is 5.85. The van der Waals surface area contributed by atoms with Gasteiger partial charge in [0.2, 0.25) is 0 Å². The van der Waals surface area contributed by atoms with E-state index in [1.807, 2.05) is 30.3 Å². The van der Waals surface area contributed by atoms with Crippen molar-refractivity contribution >= 4 is 12.2 Å². The van der Waals surface area contributed by atoms with E-state index in [2.05, 4.69) is 0 Å². The van der Waals surface area contributed by atoms with Crippen molar-refractivity contribution in [2.45, 2.75) is 25.3 Å². The topological polar surface area (TPSA) is 113 Å². The quantitative estimate of drug-likeness (QED) is 0.449. The molecule has 1 unspecified atom stereocenters. The van der Waals surface area contributed by atoms with Gasteiger partial charge in [0.15, 0.2) is 0 Å². The van der Waals surface area contributed by atoms with Crippen LogP contribution in [0.1, 0.15) is 24.8 Å². The van der Waals surface area contributed by atoms with E-state index >= 15 is 0 Å². The van der Waals surface area contributed by atoms with Gasteiger partial charge in [0.25, 0.3) is 0 Å². The molecule has 6 N–H and O–H groups in total. The monoisotopic (exact) mass is 251 g/mol. The minimum absolute atomic E-state index is 0.520. The molecule has 0 aromatic heterocycles. The van der Waals surface area contributed by atoms with Gasteiger partial charge < -0.3 is 22.0 Å². The van der Waals surface area contributed by atoms with Crippen molar-refractivity contribution in [1.82, 2.24) is 0 Å². The molecule has 0 heterocycles. The Kier molecular flexibility index (Phi) is 9.44. The molecular weight excluding hydrogens is 230 g/mol. The number of nitrogens with one attached hydrogen (secondary N) is 1. The summed E-state index contributed by atoms with van der Waals surface area (Å²) in [5, 5.41) is 15.1. The summed E-state index contributed by atoms with van der Waals surface area (Å²) in [6.07, 6.45) is 3.50. The normalized spacial score (nSPS) is 11.0. The number of nitrogens with two attached hydrogens (primary N) is 2. The molecule has 5 heteroatoms. The third-order valence-electron chi connectivity index (χ3n) is 2.25. The van der Waals surface area contributed by atoms with Crippen LogP contribution in [-0.2, 0) is 4.79 Å². The van der Waals surface area contributed by atoms with Gasteiger partial charge in [0, 0.05) is 6.21 Å². The van der Waals surface area contributed by atoms with E-state index in [0.29, 0.717) is 13.0 Å². The Hall–Kier alpha value is -1.72. The molecule has 1 atom stereocenters. The number of hydrogen-bond acceptors (Lipinski definition) is 4. The molecule has 0 amide bonds. The molecule has 0 saturated carbocycles. The SMILES string of the molecule is N=Cc1ccccc1.NCCCCC(N)C(=O)O. The van der Waals surface area contributed by atoms with Crippen LogP contribution in [-0.4, -0.2) is 29.9 Å². The Morgan fingerprint density at radius 2 is 1.94 bits per heavy atom. The van der Waals surface area contributed by atoms with Crippen LogP contribution in [0.4, 0.5) is 0 Å². The second kappa shape index (κ2) is 10.4. The van der Waals surface area contributed by atoms with Crippen molar-refractivity contribution in [1.29, 1.82) is 5.41 Å². The molecule has 1 aromatic rings. The Balaban J connectivity index is 0.000000327. The molecule has 0 radical (unpaired) electrons.